The van der Waals surface area contributed by atoms with Crippen LogP contribution in [-0.4, -0.2) is 33.8 Å². The Balaban J connectivity index is 1.95. The molecule has 1 aliphatic rings. The maximum atomic E-state index is 12.2. The van der Waals surface area contributed by atoms with Crippen molar-refractivity contribution in [3.63, 3.8) is 0 Å². The van der Waals surface area contributed by atoms with Gasteiger partial charge in [0, 0.05) is 30.6 Å². The number of nitrogens with one attached hydrogen (secondary N) is 3. The van der Waals surface area contributed by atoms with Gasteiger partial charge in [0.25, 0.3) is 5.56 Å². The minimum atomic E-state index is -0.228. The molecule has 0 bridgehead atoms. The van der Waals surface area contributed by atoms with E-state index in [1.165, 1.54) is 6.07 Å². The van der Waals surface area contributed by atoms with E-state index in [2.05, 4.69) is 29.8 Å². The fourth-order valence-electron chi connectivity index (χ4n) is 2.10. The highest BCUT2D eigenvalue weighted by molar-refractivity contribution is 8.00. The third-order valence-corrected chi connectivity index (χ3v) is 4.31. The number of hydrogen-bond donors (Lipinski definition) is 3. The summed E-state index contributed by atoms with van der Waals surface area (Å²) in [5.41, 5.74) is 0.685. The summed E-state index contributed by atoms with van der Waals surface area (Å²) in [6.45, 7) is 6.62. The minimum absolute atomic E-state index is 0.0637. The number of anilines is 1. The van der Waals surface area contributed by atoms with Crippen LogP contribution in [0.1, 0.15) is 20.8 Å². The molecule has 0 radical (unpaired) electrons. The second kappa shape index (κ2) is 7.11. The van der Waals surface area contributed by atoms with Gasteiger partial charge in [-0.2, -0.15) is 0 Å². The Morgan fingerprint density at radius 2 is 2.29 bits per heavy atom. The predicted molar refractivity (Wildman–Crippen MR) is 86.4 cm³/mol. The van der Waals surface area contributed by atoms with E-state index in [1.807, 2.05) is 6.92 Å². The van der Waals surface area contributed by atoms with E-state index in [9.17, 15) is 9.59 Å². The van der Waals surface area contributed by atoms with Crippen molar-refractivity contribution in [2.24, 2.45) is 0 Å². The molecule has 21 heavy (non-hydrogen) atoms. The molecule has 0 aliphatic carbocycles. The summed E-state index contributed by atoms with van der Waals surface area (Å²) in [5, 5.41) is 9.45. The van der Waals surface area contributed by atoms with Gasteiger partial charge >= 0.3 is 0 Å². The predicted octanol–water partition coefficient (Wildman–Crippen LogP) is 0.793. The average molecular weight is 310 g/mol. The van der Waals surface area contributed by atoms with Crippen LogP contribution in [0, 0.1) is 0 Å². The molecule has 6 nitrogen and oxygen atoms in total. The Morgan fingerprint density at radius 3 is 2.95 bits per heavy atom. The molecule has 3 N–H and O–H groups in total. The van der Waals surface area contributed by atoms with Crippen LogP contribution in [0.5, 0.6) is 0 Å². The zero-order valence-electron chi connectivity index (χ0n) is 12.6. The molecular formula is C14H22N4O2S. The van der Waals surface area contributed by atoms with E-state index in [0.717, 1.165) is 5.75 Å². The lowest BCUT2D eigenvalue weighted by atomic mass is 10.3. The molecule has 116 valence electrons. The lowest BCUT2D eigenvalue weighted by molar-refractivity contribution is -0.117. The number of rotatable bonds is 5. The number of pyridine rings is 1. The Labute approximate surface area is 128 Å². The van der Waals surface area contributed by atoms with Crippen LogP contribution in [0.4, 0.5) is 5.69 Å². The molecule has 0 aromatic carbocycles. The normalized spacial score (nSPS) is 21.7. The number of hydrogen-bond acceptors (Lipinski definition) is 5. The average Bonchev–Trinajstić information content (AvgIpc) is 2.88. The van der Waals surface area contributed by atoms with Crippen LogP contribution in [0.3, 0.4) is 0 Å². The van der Waals surface area contributed by atoms with Crippen molar-refractivity contribution in [1.82, 2.24) is 15.2 Å². The van der Waals surface area contributed by atoms with Crippen LogP contribution in [0.2, 0.25) is 0 Å². The summed E-state index contributed by atoms with van der Waals surface area (Å²) in [6.07, 6.45) is 1.67. The van der Waals surface area contributed by atoms with Crippen LogP contribution in [0.25, 0.3) is 0 Å². The van der Waals surface area contributed by atoms with Crippen molar-refractivity contribution in [1.29, 1.82) is 0 Å². The molecule has 2 atom stereocenters. The molecule has 2 unspecified atom stereocenters. The Bertz CT molecular complexity index is 558. The van der Waals surface area contributed by atoms with Crippen molar-refractivity contribution >= 4 is 23.4 Å². The van der Waals surface area contributed by atoms with Gasteiger partial charge in [-0.3, -0.25) is 20.2 Å². The van der Waals surface area contributed by atoms with E-state index < -0.39 is 0 Å². The van der Waals surface area contributed by atoms with Gasteiger partial charge in [-0.15, -0.1) is 11.8 Å². The molecule has 7 heteroatoms. The number of thioether (sulfide) groups is 1. The number of carbonyl (C=O) groups is 1. The summed E-state index contributed by atoms with van der Waals surface area (Å²) in [7, 11) is 0. The number of aryl methyl sites for hydroxylation is 1. The molecule has 1 aromatic rings. The highest BCUT2D eigenvalue weighted by atomic mass is 32.2. The van der Waals surface area contributed by atoms with E-state index in [1.54, 1.807) is 28.6 Å². The van der Waals surface area contributed by atoms with Crippen molar-refractivity contribution in [2.45, 2.75) is 44.9 Å². The highest BCUT2D eigenvalue weighted by Crippen LogP contribution is 2.18. The number of aromatic nitrogens is 1. The molecule has 0 saturated carbocycles. The summed E-state index contributed by atoms with van der Waals surface area (Å²) in [6, 6.07) is 3.25. The van der Waals surface area contributed by atoms with Crippen LogP contribution < -0.4 is 21.5 Å². The fourth-order valence-corrected chi connectivity index (χ4v) is 3.36. The van der Waals surface area contributed by atoms with Gasteiger partial charge in [0.2, 0.25) is 5.91 Å². The third-order valence-electron chi connectivity index (χ3n) is 3.18. The summed E-state index contributed by atoms with van der Waals surface area (Å²) < 4.78 is 1.57. The molecule has 2 heterocycles. The summed E-state index contributed by atoms with van der Waals surface area (Å²) in [4.78, 5) is 23.7. The van der Waals surface area contributed by atoms with E-state index in [0.29, 0.717) is 18.3 Å². The van der Waals surface area contributed by atoms with Crippen molar-refractivity contribution < 1.29 is 4.79 Å². The summed E-state index contributed by atoms with van der Waals surface area (Å²) >= 11 is 1.69. The molecular weight excluding hydrogens is 288 g/mol. The van der Waals surface area contributed by atoms with Crippen LogP contribution in [0.15, 0.2) is 23.1 Å². The quantitative estimate of drug-likeness (QED) is 0.750. The second-order valence-corrected chi connectivity index (χ2v) is 6.42. The smallest absolute Gasteiger partial charge is 0.250 e. The lowest BCUT2D eigenvalue weighted by Gasteiger charge is -2.17. The van der Waals surface area contributed by atoms with Gasteiger partial charge < -0.3 is 9.88 Å². The zero-order chi connectivity index (χ0) is 15.4. The van der Waals surface area contributed by atoms with Gasteiger partial charge in [-0.25, -0.2) is 0 Å². The van der Waals surface area contributed by atoms with Gasteiger partial charge in [0.1, 0.15) is 5.50 Å². The third kappa shape index (κ3) is 4.33. The molecule has 1 amide bonds. The standard InChI is InChI=1S/C14H22N4O2S/c1-4-18-7-10(5-6-12(18)19)16-13(20)11-8-21-14(17-11)15-9(2)3/h5-7,9,11,14-15,17H,4,8H2,1-3H3,(H,16,20). The first-order chi connectivity index (χ1) is 9.99. The maximum absolute atomic E-state index is 12.2. The molecule has 1 saturated heterocycles. The van der Waals surface area contributed by atoms with Crippen LogP contribution >= 0.6 is 11.8 Å². The van der Waals surface area contributed by atoms with Crippen molar-refractivity contribution in [3.8, 4) is 0 Å². The topological polar surface area (TPSA) is 75.2 Å². The van der Waals surface area contributed by atoms with Gasteiger partial charge in [-0.1, -0.05) is 0 Å². The van der Waals surface area contributed by atoms with Crippen LogP contribution in [-0.2, 0) is 11.3 Å². The van der Waals surface area contributed by atoms with Gasteiger partial charge in [-0.05, 0) is 26.8 Å². The van der Waals surface area contributed by atoms with Crippen molar-refractivity contribution in [3.05, 3.63) is 28.7 Å². The molecule has 1 aliphatic heterocycles. The monoisotopic (exact) mass is 310 g/mol. The molecule has 1 fully saturated rings. The second-order valence-electron chi connectivity index (χ2n) is 5.29. The Hall–Kier alpha value is -1.31. The first-order valence-electron chi connectivity index (χ1n) is 7.14. The van der Waals surface area contributed by atoms with Gasteiger partial charge in [0.05, 0.1) is 11.7 Å². The SMILES string of the molecule is CCn1cc(NC(=O)C2CSC(NC(C)C)N2)ccc1=O. The molecule has 2 rings (SSSR count). The number of amides is 1. The number of nitrogens with zero attached hydrogens (tertiary/aromatic N) is 1. The first-order valence-corrected chi connectivity index (χ1v) is 8.19. The minimum Gasteiger partial charge on any atom is -0.323 e. The highest BCUT2D eigenvalue weighted by Gasteiger charge is 2.29. The summed E-state index contributed by atoms with van der Waals surface area (Å²) in [5.74, 6) is 0.653. The van der Waals surface area contributed by atoms with E-state index in [-0.39, 0.29) is 23.0 Å². The number of carbonyl (C=O) groups excluding carboxylic acids is 1. The van der Waals surface area contributed by atoms with Gasteiger partial charge in [0.15, 0.2) is 0 Å². The first kappa shape index (κ1) is 16.1. The molecule has 1 aromatic heterocycles. The Morgan fingerprint density at radius 1 is 1.52 bits per heavy atom. The van der Waals surface area contributed by atoms with E-state index >= 15 is 0 Å². The maximum Gasteiger partial charge on any atom is 0.250 e. The Kier molecular flexibility index (Phi) is 5.44. The largest absolute Gasteiger partial charge is 0.323 e. The fraction of sp³-hybridized carbons (Fsp3) is 0.571. The lowest BCUT2D eigenvalue weighted by Crippen LogP contribution is -2.46. The zero-order valence-corrected chi connectivity index (χ0v) is 13.4. The van der Waals surface area contributed by atoms with E-state index in [4.69, 9.17) is 0 Å². The molecule has 0 spiro atoms. The van der Waals surface area contributed by atoms with Crippen molar-refractivity contribution in [2.75, 3.05) is 11.1 Å².